The fourth-order valence-corrected chi connectivity index (χ4v) is 4.76. The van der Waals surface area contributed by atoms with Crippen molar-refractivity contribution < 1.29 is 14.3 Å². The molecular weight excluding hydrogens is 406 g/mol. The van der Waals surface area contributed by atoms with Crippen LogP contribution in [0.15, 0.2) is 53.6 Å². The summed E-state index contributed by atoms with van der Waals surface area (Å²) in [6.07, 6.45) is 2.93. The summed E-state index contributed by atoms with van der Waals surface area (Å²) in [5.74, 6) is 0.600. The third kappa shape index (κ3) is 3.38. The molecule has 0 bridgehead atoms. The monoisotopic (exact) mass is 431 g/mol. The van der Waals surface area contributed by atoms with E-state index in [-0.39, 0.29) is 17.2 Å². The topological polar surface area (TPSA) is 81.5 Å². The summed E-state index contributed by atoms with van der Waals surface area (Å²) in [5.41, 5.74) is 1.50. The number of aromatic nitrogens is 2. The number of para-hydroxylation sites is 1. The molecule has 164 valence electrons. The zero-order valence-electron chi connectivity index (χ0n) is 18.2. The molecule has 1 atom stereocenters. The number of benzene rings is 2. The lowest BCUT2D eigenvalue weighted by Crippen LogP contribution is -2.53. The molecule has 7 heteroatoms. The van der Waals surface area contributed by atoms with Crippen LogP contribution in [0, 0.1) is 6.92 Å². The number of hydrogen-bond donors (Lipinski definition) is 0. The number of ether oxygens (including phenoxy) is 1. The summed E-state index contributed by atoms with van der Waals surface area (Å²) in [6, 6.07) is 12.1. The lowest BCUT2D eigenvalue weighted by molar-refractivity contribution is -0.138. The van der Waals surface area contributed by atoms with Crippen LogP contribution in [-0.4, -0.2) is 44.8 Å². The molecule has 1 amide bonds. The Morgan fingerprint density at radius 3 is 2.66 bits per heavy atom. The molecule has 3 aromatic rings. The average Bonchev–Trinajstić information content (AvgIpc) is 2.80. The minimum Gasteiger partial charge on any atom is -0.486 e. The summed E-state index contributed by atoms with van der Waals surface area (Å²) >= 11 is 0. The van der Waals surface area contributed by atoms with Gasteiger partial charge in [-0.1, -0.05) is 23.8 Å². The normalized spacial score (nSPS) is 18.3. The van der Waals surface area contributed by atoms with Crippen molar-refractivity contribution in [3.8, 4) is 5.75 Å². The third-order valence-electron chi connectivity index (χ3n) is 6.70. The maximum atomic E-state index is 13.2. The van der Waals surface area contributed by atoms with Gasteiger partial charge in [-0.2, -0.15) is 0 Å². The Balaban J connectivity index is 1.32. The third-order valence-corrected chi connectivity index (χ3v) is 6.70. The van der Waals surface area contributed by atoms with Gasteiger partial charge >= 0.3 is 0 Å². The highest BCUT2D eigenvalue weighted by Crippen LogP contribution is 2.39. The molecule has 0 N–H and O–H groups in total. The number of fused-ring (bicyclic) bond motifs is 2. The number of rotatable bonds is 2. The van der Waals surface area contributed by atoms with Crippen LogP contribution in [0.5, 0.6) is 5.75 Å². The maximum Gasteiger partial charge on any atom is 0.261 e. The molecule has 3 heterocycles. The maximum absolute atomic E-state index is 13.2. The molecule has 1 aromatic heterocycles. The van der Waals surface area contributed by atoms with Gasteiger partial charge in [0.1, 0.15) is 17.4 Å². The summed E-state index contributed by atoms with van der Waals surface area (Å²) in [6.45, 7) is 4.64. The van der Waals surface area contributed by atoms with Crippen LogP contribution in [-0.2, 0) is 4.79 Å². The first kappa shape index (κ1) is 20.4. The SMILES string of the molecule is Cc1ccc2c(c1)C(=O)CC1(CCN(C(=O)C(C)n3cnc4ccccc4c3=O)CC1)O2. The van der Waals surface area contributed by atoms with Gasteiger partial charge in [-0.05, 0) is 38.1 Å². The standard InChI is InChI=1S/C25H25N3O4/c1-16-7-8-22-19(13-16)21(29)14-25(32-22)9-11-27(12-10-25)23(30)17(2)28-15-26-20-6-4-3-5-18(20)24(28)31/h3-8,13,15,17H,9-12,14H2,1-2H3. The van der Waals surface area contributed by atoms with Crippen LogP contribution >= 0.6 is 0 Å². The first-order valence-electron chi connectivity index (χ1n) is 10.9. The number of ketones is 1. The van der Waals surface area contributed by atoms with E-state index in [4.69, 9.17) is 4.74 Å². The van der Waals surface area contributed by atoms with Crippen LogP contribution in [0.2, 0.25) is 0 Å². The number of nitrogens with zero attached hydrogens (tertiary/aromatic N) is 3. The fourth-order valence-electron chi connectivity index (χ4n) is 4.76. The Kier molecular flexibility index (Phi) is 4.84. The first-order valence-corrected chi connectivity index (χ1v) is 10.9. The molecule has 2 aliphatic heterocycles. The molecule has 0 aliphatic carbocycles. The number of amides is 1. The summed E-state index contributed by atoms with van der Waals surface area (Å²) < 4.78 is 7.70. The van der Waals surface area contributed by atoms with Gasteiger partial charge in [-0.25, -0.2) is 4.98 Å². The molecule has 32 heavy (non-hydrogen) atoms. The van der Waals surface area contributed by atoms with Gasteiger partial charge in [-0.3, -0.25) is 19.0 Å². The van der Waals surface area contributed by atoms with E-state index in [1.807, 2.05) is 31.2 Å². The molecule has 0 radical (unpaired) electrons. The minimum atomic E-state index is -0.661. The number of Topliss-reactive ketones (excluding diaryl/α,β-unsaturated/α-hetero) is 1. The van der Waals surface area contributed by atoms with E-state index in [2.05, 4.69) is 4.98 Å². The van der Waals surface area contributed by atoms with Crippen molar-refractivity contribution in [2.24, 2.45) is 0 Å². The lowest BCUT2D eigenvalue weighted by atomic mass is 9.82. The number of carbonyl (C=O) groups is 2. The van der Waals surface area contributed by atoms with Gasteiger partial charge in [0.05, 0.1) is 29.2 Å². The number of aryl methyl sites for hydroxylation is 1. The molecular formula is C25H25N3O4. The number of hydrogen-bond acceptors (Lipinski definition) is 5. The van der Waals surface area contributed by atoms with Crippen LogP contribution in [0.25, 0.3) is 10.9 Å². The highest BCUT2D eigenvalue weighted by atomic mass is 16.5. The Bertz CT molecular complexity index is 1290. The lowest BCUT2D eigenvalue weighted by Gasteiger charge is -2.44. The zero-order chi connectivity index (χ0) is 22.5. The Morgan fingerprint density at radius 1 is 1.12 bits per heavy atom. The zero-order valence-corrected chi connectivity index (χ0v) is 18.2. The Hall–Kier alpha value is -3.48. The molecule has 1 saturated heterocycles. The average molecular weight is 431 g/mol. The van der Waals surface area contributed by atoms with Crippen molar-refractivity contribution in [1.82, 2.24) is 14.5 Å². The van der Waals surface area contributed by atoms with Gasteiger partial charge in [0.15, 0.2) is 5.78 Å². The molecule has 7 nitrogen and oxygen atoms in total. The molecule has 0 saturated carbocycles. The van der Waals surface area contributed by atoms with Crippen LogP contribution in [0.3, 0.4) is 0 Å². The van der Waals surface area contributed by atoms with Crippen LogP contribution in [0.1, 0.15) is 48.1 Å². The van der Waals surface area contributed by atoms with Gasteiger partial charge in [0.2, 0.25) is 5.91 Å². The van der Waals surface area contributed by atoms with Gasteiger partial charge in [-0.15, -0.1) is 0 Å². The smallest absolute Gasteiger partial charge is 0.261 e. The summed E-state index contributed by atoms with van der Waals surface area (Å²) in [4.78, 5) is 44.9. The molecule has 2 aliphatic rings. The second-order valence-corrected chi connectivity index (χ2v) is 8.86. The Morgan fingerprint density at radius 2 is 1.88 bits per heavy atom. The molecule has 1 unspecified atom stereocenters. The van der Waals surface area contributed by atoms with Crippen molar-refractivity contribution in [3.05, 3.63) is 70.3 Å². The van der Waals surface area contributed by atoms with Crippen molar-refractivity contribution in [2.75, 3.05) is 13.1 Å². The Labute approximate surface area is 185 Å². The number of likely N-dealkylation sites (tertiary alicyclic amines) is 1. The molecule has 2 aromatic carbocycles. The van der Waals surface area contributed by atoms with E-state index in [0.717, 1.165) is 5.56 Å². The van der Waals surface area contributed by atoms with E-state index >= 15 is 0 Å². The highest BCUT2D eigenvalue weighted by Gasteiger charge is 2.44. The fraction of sp³-hybridized carbons (Fsp3) is 0.360. The number of piperidine rings is 1. The second-order valence-electron chi connectivity index (χ2n) is 8.86. The number of carbonyl (C=O) groups excluding carboxylic acids is 2. The quantitative estimate of drug-likeness (QED) is 0.622. The van der Waals surface area contributed by atoms with E-state index in [0.29, 0.717) is 54.6 Å². The van der Waals surface area contributed by atoms with Gasteiger partial charge in [0, 0.05) is 25.9 Å². The van der Waals surface area contributed by atoms with Crippen LogP contribution in [0.4, 0.5) is 0 Å². The van der Waals surface area contributed by atoms with E-state index in [9.17, 15) is 14.4 Å². The van der Waals surface area contributed by atoms with Gasteiger partial charge in [0.25, 0.3) is 5.56 Å². The second kappa shape index (κ2) is 7.58. The highest BCUT2D eigenvalue weighted by molar-refractivity contribution is 6.00. The van der Waals surface area contributed by atoms with Crippen molar-refractivity contribution in [1.29, 1.82) is 0 Å². The summed E-state index contributed by atoms with van der Waals surface area (Å²) in [5, 5.41) is 0.496. The molecule has 1 fully saturated rings. The largest absolute Gasteiger partial charge is 0.486 e. The van der Waals surface area contributed by atoms with Crippen LogP contribution < -0.4 is 10.3 Å². The molecule has 1 spiro atoms. The van der Waals surface area contributed by atoms with E-state index in [1.54, 1.807) is 30.0 Å². The minimum absolute atomic E-state index is 0.0943. The van der Waals surface area contributed by atoms with Crippen molar-refractivity contribution in [2.45, 2.75) is 44.8 Å². The van der Waals surface area contributed by atoms with Crippen molar-refractivity contribution >= 4 is 22.6 Å². The predicted molar refractivity (Wildman–Crippen MR) is 120 cm³/mol. The summed E-state index contributed by atoms with van der Waals surface area (Å²) in [7, 11) is 0. The first-order chi connectivity index (χ1) is 15.4. The van der Waals surface area contributed by atoms with Crippen molar-refractivity contribution in [3.63, 3.8) is 0 Å². The van der Waals surface area contributed by atoms with E-state index in [1.165, 1.54) is 10.9 Å². The predicted octanol–water partition coefficient (Wildman–Crippen LogP) is 3.29. The van der Waals surface area contributed by atoms with Gasteiger partial charge < -0.3 is 9.64 Å². The molecule has 5 rings (SSSR count). The van der Waals surface area contributed by atoms with E-state index < -0.39 is 11.6 Å².